The number of ether oxygens (including phenoxy) is 1. The van der Waals surface area contributed by atoms with Gasteiger partial charge in [0.2, 0.25) is 0 Å². The minimum atomic E-state index is 0.540. The molecule has 0 aliphatic heterocycles. The molecule has 0 radical (unpaired) electrons. The molecule has 0 unspecified atom stereocenters. The van der Waals surface area contributed by atoms with Crippen LogP contribution in [-0.4, -0.2) is 18.4 Å². The standard InChI is InChI=1S/C11H18N2OS/c1-9(2)15-13-10-4-3-5-11(8-10)14-7-6-12/h3-5,8-9,13H,6-7,12H2,1-2H3. The van der Waals surface area contributed by atoms with E-state index in [4.69, 9.17) is 10.5 Å². The summed E-state index contributed by atoms with van der Waals surface area (Å²) >= 11 is 1.69. The SMILES string of the molecule is CC(C)SNc1cccc(OCCN)c1. The minimum absolute atomic E-state index is 0.540. The van der Waals surface area contributed by atoms with E-state index in [2.05, 4.69) is 18.6 Å². The Kier molecular flexibility index (Phi) is 5.36. The predicted molar refractivity (Wildman–Crippen MR) is 67.3 cm³/mol. The largest absolute Gasteiger partial charge is 0.492 e. The van der Waals surface area contributed by atoms with Crippen LogP contribution in [0, 0.1) is 0 Å². The third-order valence-electron chi connectivity index (χ3n) is 1.63. The molecule has 4 heteroatoms. The van der Waals surface area contributed by atoms with Gasteiger partial charge in [0.15, 0.2) is 0 Å². The Labute approximate surface area is 95.5 Å². The van der Waals surface area contributed by atoms with Crippen molar-refractivity contribution < 1.29 is 4.74 Å². The van der Waals surface area contributed by atoms with Crippen molar-refractivity contribution in [2.75, 3.05) is 17.9 Å². The highest BCUT2D eigenvalue weighted by Crippen LogP contribution is 2.21. The van der Waals surface area contributed by atoms with Gasteiger partial charge >= 0.3 is 0 Å². The fourth-order valence-electron chi connectivity index (χ4n) is 1.01. The molecular weight excluding hydrogens is 208 g/mol. The lowest BCUT2D eigenvalue weighted by Gasteiger charge is -2.10. The molecule has 1 rings (SSSR count). The second-order valence-electron chi connectivity index (χ2n) is 3.43. The third-order valence-corrected chi connectivity index (χ3v) is 2.46. The van der Waals surface area contributed by atoms with Crippen LogP contribution in [-0.2, 0) is 0 Å². The van der Waals surface area contributed by atoms with E-state index >= 15 is 0 Å². The van der Waals surface area contributed by atoms with Crippen molar-refractivity contribution in [2.45, 2.75) is 19.1 Å². The van der Waals surface area contributed by atoms with Crippen LogP contribution in [0.15, 0.2) is 24.3 Å². The van der Waals surface area contributed by atoms with Gasteiger partial charge in [-0.25, -0.2) is 0 Å². The van der Waals surface area contributed by atoms with Gasteiger partial charge in [-0.15, -0.1) is 0 Å². The lowest BCUT2D eigenvalue weighted by atomic mass is 10.3. The molecule has 0 bridgehead atoms. The Bertz CT molecular complexity index is 292. The number of anilines is 1. The van der Waals surface area contributed by atoms with Gasteiger partial charge in [0.05, 0.1) is 0 Å². The Hall–Kier alpha value is -0.870. The molecule has 1 aromatic carbocycles. The number of nitrogens with one attached hydrogen (secondary N) is 1. The van der Waals surface area contributed by atoms with Crippen molar-refractivity contribution >= 4 is 17.6 Å². The number of nitrogens with two attached hydrogens (primary N) is 1. The molecule has 3 N–H and O–H groups in total. The van der Waals surface area contributed by atoms with Crippen LogP contribution in [0.25, 0.3) is 0 Å². The van der Waals surface area contributed by atoms with E-state index in [1.165, 1.54) is 0 Å². The fraction of sp³-hybridized carbons (Fsp3) is 0.455. The molecular formula is C11H18N2OS. The molecule has 0 aromatic heterocycles. The summed E-state index contributed by atoms with van der Waals surface area (Å²) in [6, 6.07) is 7.89. The van der Waals surface area contributed by atoms with Gasteiger partial charge < -0.3 is 15.2 Å². The molecule has 0 fully saturated rings. The Balaban J connectivity index is 2.50. The summed E-state index contributed by atoms with van der Waals surface area (Å²) in [7, 11) is 0. The number of hydrogen-bond acceptors (Lipinski definition) is 4. The van der Waals surface area contributed by atoms with Crippen LogP contribution < -0.4 is 15.2 Å². The fourth-order valence-corrected chi connectivity index (χ4v) is 1.51. The number of benzene rings is 1. The van der Waals surface area contributed by atoms with Crippen molar-refractivity contribution in [1.29, 1.82) is 0 Å². The third kappa shape index (κ3) is 4.95. The highest BCUT2D eigenvalue weighted by molar-refractivity contribution is 8.01. The van der Waals surface area contributed by atoms with Crippen molar-refractivity contribution in [2.24, 2.45) is 5.73 Å². The average Bonchev–Trinajstić information content (AvgIpc) is 2.24. The first kappa shape index (κ1) is 12.2. The van der Waals surface area contributed by atoms with Gasteiger partial charge in [-0.1, -0.05) is 19.9 Å². The van der Waals surface area contributed by atoms with Gasteiger partial charge in [-0.05, 0) is 24.1 Å². The zero-order valence-electron chi connectivity index (χ0n) is 9.19. The molecule has 0 spiro atoms. The molecule has 15 heavy (non-hydrogen) atoms. The van der Waals surface area contributed by atoms with Crippen molar-refractivity contribution in [3.8, 4) is 5.75 Å². The summed E-state index contributed by atoms with van der Waals surface area (Å²) in [6.45, 7) is 5.39. The summed E-state index contributed by atoms with van der Waals surface area (Å²) < 4.78 is 8.69. The van der Waals surface area contributed by atoms with E-state index in [-0.39, 0.29) is 0 Å². The lowest BCUT2D eigenvalue weighted by molar-refractivity contribution is 0.328. The molecule has 0 aliphatic carbocycles. The first-order valence-electron chi connectivity index (χ1n) is 5.07. The summed E-state index contributed by atoms with van der Waals surface area (Å²) in [5.74, 6) is 0.856. The summed E-state index contributed by atoms with van der Waals surface area (Å²) in [6.07, 6.45) is 0. The molecule has 84 valence electrons. The second-order valence-corrected chi connectivity index (χ2v) is 4.82. The lowest BCUT2D eigenvalue weighted by Crippen LogP contribution is -2.10. The van der Waals surface area contributed by atoms with Gasteiger partial charge in [-0.2, -0.15) is 0 Å². The molecule has 0 amide bonds. The van der Waals surface area contributed by atoms with Crippen LogP contribution in [0.3, 0.4) is 0 Å². The van der Waals surface area contributed by atoms with E-state index in [1.54, 1.807) is 11.9 Å². The van der Waals surface area contributed by atoms with E-state index in [9.17, 15) is 0 Å². The first-order valence-corrected chi connectivity index (χ1v) is 5.95. The molecule has 0 atom stereocenters. The highest BCUT2D eigenvalue weighted by Gasteiger charge is 1.98. The second kappa shape index (κ2) is 6.58. The van der Waals surface area contributed by atoms with E-state index in [1.807, 2.05) is 24.3 Å². The zero-order chi connectivity index (χ0) is 11.1. The van der Waals surface area contributed by atoms with Crippen LogP contribution in [0.4, 0.5) is 5.69 Å². The van der Waals surface area contributed by atoms with Crippen molar-refractivity contribution in [1.82, 2.24) is 0 Å². The average molecular weight is 226 g/mol. The molecule has 3 nitrogen and oxygen atoms in total. The molecule has 0 saturated carbocycles. The topological polar surface area (TPSA) is 47.3 Å². The number of hydrogen-bond donors (Lipinski definition) is 2. The smallest absolute Gasteiger partial charge is 0.121 e. The van der Waals surface area contributed by atoms with Gasteiger partial charge in [0, 0.05) is 23.5 Å². The summed E-state index contributed by atoms with van der Waals surface area (Å²) in [5, 5.41) is 0.554. The Morgan fingerprint density at radius 2 is 2.27 bits per heavy atom. The van der Waals surface area contributed by atoms with Crippen LogP contribution in [0.1, 0.15) is 13.8 Å². The van der Waals surface area contributed by atoms with Crippen LogP contribution in [0.2, 0.25) is 0 Å². The monoisotopic (exact) mass is 226 g/mol. The Morgan fingerprint density at radius 1 is 1.47 bits per heavy atom. The van der Waals surface area contributed by atoms with E-state index in [0.29, 0.717) is 18.4 Å². The maximum atomic E-state index is 5.43. The van der Waals surface area contributed by atoms with Crippen molar-refractivity contribution in [3.05, 3.63) is 24.3 Å². The van der Waals surface area contributed by atoms with E-state index in [0.717, 1.165) is 11.4 Å². The molecule has 0 saturated heterocycles. The van der Waals surface area contributed by atoms with Crippen molar-refractivity contribution in [3.63, 3.8) is 0 Å². The van der Waals surface area contributed by atoms with E-state index < -0.39 is 0 Å². The molecule has 0 heterocycles. The maximum absolute atomic E-state index is 5.43. The Morgan fingerprint density at radius 3 is 2.93 bits per heavy atom. The molecule has 1 aromatic rings. The zero-order valence-corrected chi connectivity index (χ0v) is 10.0. The van der Waals surface area contributed by atoms with Crippen LogP contribution in [0.5, 0.6) is 5.75 Å². The predicted octanol–water partition coefficient (Wildman–Crippen LogP) is 2.49. The normalized spacial score (nSPS) is 10.4. The minimum Gasteiger partial charge on any atom is -0.492 e. The summed E-state index contributed by atoms with van der Waals surface area (Å²) in [4.78, 5) is 0. The highest BCUT2D eigenvalue weighted by atomic mass is 32.2. The first-order chi connectivity index (χ1) is 7.22. The summed E-state index contributed by atoms with van der Waals surface area (Å²) in [5.41, 5.74) is 6.43. The van der Waals surface area contributed by atoms with Gasteiger partial charge in [0.1, 0.15) is 12.4 Å². The quantitative estimate of drug-likeness (QED) is 0.732. The van der Waals surface area contributed by atoms with Gasteiger partial charge in [-0.3, -0.25) is 0 Å². The maximum Gasteiger partial charge on any atom is 0.121 e. The number of rotatable bonds is 6. The van der Waals surface area contributed by atoms with Crippen LogP contribution >= 0.6 is 11.9 Å². The van der Waals surface area contributed by atoms with Gasteiger partial charge in [0.25, 0.3) is 0 Å². The molecule has 0 aliphatic rings.